The number of imide groups is 1. The van der Waals surface area contributed by atoms with Gasteiger partial charge in [0.1, 0.15) is 0 Å². The van der Waals surface area contributed by atoms with E-state index < -0.39 is 12.1 Å². The number of carbonyl (C=O) groups excluding carboxylic acids is 2. The maximum atomic E-state index is 11.2. The first kappa shape index (κ1) is 11.1. The Hall–Kier alpha value is -0.980. The summed E-state index contributed by atoms with van der Waals surface area (Å²) in [5, 5.41) is 22.5. The number of piperidine rings is 1. The topological polar surface area (TPSA) is 98.7 Å². The van der Waals surface area contributed by atoms with Crippen LogP contribution in [-0.4, -0.2) is 47.3 Å². The Balaban J connectivity index is 2.31. The van der Waals surface area contributed by atoms with Crippen molar-refractivity contribution in [1.82, 2.24) is 10.6 Å². The molecule has 14 heavy (non-hydrogen) atoms. The molecule has 1 saturated heterocycles. The van der Waals surface area contributed by atoms with E-state index in [2.05, 4.69) is 10.6 Å². The molecule has 0 aromatic heterocycles. The van der Waals surface area contributed by atoms with E-state index in [1.54, 1.807) is 0 Å². The van der Waals surface area contributed by atoms with Crippen molar-refractivity contribution in [2.24, 2.45) is 0 Å². The third-order valence-corrected chi connectivity index (χ3v) is 2.05. The molecule has 0 aromatic rings. The minimum atomic E-state index is -0.875. The van der Waals surface area contributed by atoms with E-state index in [9.17, 15) is 9.59 Å². The average molecular weight is 202 g/mol. The summed E-state index contributed by atoms with van der Waals surface area (Å²) >= 11 is 0. The van der Waals surface area contributed by atoms with Crippen LogP contribution >= 0.6 is 0 Å². The lowest BCUT2D eigenvalue weighted by Gasteiger charge is -2.22. The third-order valence-electron chi connectivity index (χ3n) is 2.05. The van der Waals surface area contributed by atoms with Crippen molar-refractivity contribution in [2.75, 3.05) is 13.2 Å². The standard InChI is InChI=1S/C8H14N2O4/c11-4-5(12)3-9-6-1-2-7(13)10-8(6)14/h5-6,9,11-12H,1-4H2,(H,10,13,14). The highest BCUT2D eigenvalue weighted by atomic mass is 16.3. The first-order valence-corrected chi connectivity index (χ1v) is 4.49. The predicted molar refractivity (Wildman–Crippen MR) is 47.3 cm³/mol. The lowest BCUT2D eigenvalue weighted by molar-refractivity contribution is -0.134. The van der Waals surface area contributed by atoms with Gasteiger partial charge in [-0.05, 0) is 6.42 Å². The zero-order valence-electron chi connectivity index (χ0n) is 7.69. The molecule has 2 atom stereocenters. The van der Waals surface area contributed by atoms with Gasteiger partial charge in [-0.15, -0.1) is 0 Å². The van der Waals surface area contributed by atoms with Crippen molar-refractivity contribution in [3.05, 3.63) is 0 Å². The second kappa shape index (κ2) is 5.04. The number of nitrogens with one attached hydrogen (secondary N) is 2. The number of amides is 2. The van der Waals surface area contributed by atoms with Crippen molar-refractivity contribution < 1.29 is 19.8 Å². The molecule has 0 bridgehead atoms. The fraction of sp³-hybridized carbons (Fsp3) is 0.750. The molecule has 0 saturated carbocycles. The van der Waals surface area contributed by atoms with Gasteiger partial charge in [-0.2, -0.15) is 0 Å². The molecule has 1 aliphatic rings. The smallest absolute Gasteiger partial charge is 0.243 e. The van der Waals surface area contributed by atoms with Gasteiger partial charge in [-0.1, -0.05) is 0 Å². The van der Waals surface area contributed by atoms with Crippen LogP contribution in [0.5, 0.6) is 0 Å². The van der Waals surface area contributed by atoms with Gasteiger partial charge >= 0.3 is 0 Å². The fourth-order valence-electron chi connectivity index (χ4n) is 1.23. The molecule has 4 N–H and O–H groups in total. The van der Waals surface area contributed by atoms with Gasteiger partial charge in [0, 0.05) is 13.0 Å². The zero-order valence-corrected chi connectivity index (χ0v) is 7.69. The van der Waals surface area contributed by atoms with Gasteiger partial charge in [-0.3, -0.25) is 14.9 Å². The number of hydrogen-bond acceptors (Lipinski definition) is 5. The monoisotopic (exact) mass is 202 g/mol. The van der Waals surface area contributed by atoms with Crippen LogP contribution in [0, 0.1) is 0 Å². The average Bonchev–Trinajstić information content (AvgIpc) is 2.16. The van der Waals surface area contributed by atoms with Crippen LogP contribution in [0.15, 0.2) is 0 Å². The zero-order chi connectivity index (χ0) is 10.6. The van der Waals surface area contributed by atoms with Crippen LogP contribution in [0.1, 0.15) is 12.8 Å². The van der Waals surface area contributed by atoms with Crippen LogP contribution in [0.4, 0.5) is 0 Å². The Kier molecular flexibility index (Phi) is 3.99. The van der Waals surface area contributed by atoms with Crippen LogP contribution in [0.3, 0.4) is 0 Å². The largest absolute Gasteiger partial charge is 0.394 e. The van der Waals surface area contributed by atoms with Crippen molar-refractivity contribution in [2.45, 2.75) is 25.0 Å². The van der Waals surface area contributed by atoms with Crippen LogP contribution in [-0.2, 0) is 9.59 Å². The number of hydrogen-bond donors (Lipinski definition) is 4. The van der Waals surface area contributed by atoms with Crippen LogP contribution in [0.25, 0.3) is 0 Å². The summed E-state index contributed by atoms with van der Waals surface area (Å²) in [6.45, 7) is -0.205. The molecule has 1 rings (SSSR count). The van der Waals surface area contributed by atoms with E-state index in [-0.39, 0.29) is 25.0 Å². The molecule has 0 spiro atoms. The molecular formula is C8H14N2O4. The quantitative estimate of drug-likeness (QED) is 0.385. The number of aliphatic hydroxyl groups excluding tert-OH is 2. The Morgan fingerprint density at radius 3 is 2.86 bits per heavy atom. The van der Waals surface area contributed by atoms with Gasteiger partial charge in [0.25, 0.3) is 0 Å². The summed E-state index contributed by atoms with van der Waals surface area (Å²) in [6.07, 6.45) is -0.137. The molecule has 2 amide bonds. The second-order valence-electron chi connectivity index (χ2n) is 3.25. The van der Waals surface area contributed by atoms with Crippen LogP contribution < -0.4 is 10.6 Å². The minimum Gasteiger partial charge on any atom is -0.394 e. The van der Waals surface area contributed by atoms with E-state index in [4.69, 9.17) is 10.2 Å². The molecule has 2 unspecified atom stereocenters. The van der Waals surface area contributed by atoms with Gasteiger partial charge < -0.3 is 15.5 Å². The van der Waals surface area contributed by atoms with E-state index in [1.807, 2.05) is 0 Å². The SMILES string of the molecule is O=C1CCC(NCC(O)CO)C(=O)N1. The van der Waals surface area contributed by atoms with E-state index in [0.717, 1.165) is 0 Å². The molecule has 1 aliphatic heterocycles. The Bertz CT molecular complexity index is 231. The first-order chi connectivity index (χ1) is 6.63. The molecule has 1 fully saturated rings. The van der Waals surface area contributed by atoms with E-state index in [0.29, 0.717) is 12.8 Å². The number of aliphatic hydroxyl groups is 2. The van der Waals surface area contributed by atoms with E-state index in [1.165, 1.54) is 0 Å². The normalized spacial score (nSPS) is 24.6. The molecule has 0 radical (unpaired) electrons. The van der Waals surface area contributed by atoms with Crippen molar-refractivity contribution in [1.29, 1.82) is 0 Å². The molecular weight excluding hydrogens is 188 g/mol. The maximum absolute atomic E-state index is 11.2. The Morgan fingerprint density at radius 1 is 1.57 bits per heavy atom. The maximum Gasteiger partial charge on any atom is 0.243 e. The fourth-order valence-corrected chi connectivity index (χ4v) is 1.23. The Morgan fingerprint density at radius 2 is 2.29 bits per heavy atom. The molecule has 0 aromatic carbocycles. The van der Waals surface area contributed by atoms with Gasteiger partial charge in [0.05, 0.1) is 18.8 Å². The van der Waals surface area contributed by atoms with Crippen molar-refractivity contribution in [3.63, 3.8) is 0 Å². The van der Waals surface area contributed by atoms with Gasteiger partial charge in [-0.25, -0.2) is 0 Å². The third kappa shape index (κ3) is 3.06. The molecule has 80 valence electrons. The molecule has 1 heterocycles. The Labute approximate surface area is 81.3 Å². The predicted octanol–water partition coefficient (Wildman–Crippen LogP) is -2.27. The number of carbonyl (C=O) groups is 2. The lowest BCUT2D eigenvalue weighted by Crippen LogP contribution is -2.52. The first-order valence-electron chi connectivity index (χ1n) is 4.49. The summed E-state index contributed by atoms with van der Waals surface area (Å²) < 4.78 is 0. The lowest BCUT2D eigenvalue weighted by atomic mass is 10.1. The highest BCUT2D eigenvalue weighted by Gasteiger charge is 2.26. The highest BCUT2D eigenvalue weighted by Crippen LogP contribution is 2.03. The minimum absolute atomic E-state index is 0.142. The van der Waals surface area contributed by atoms with Crippen LogP contribution in [0.2, 0.25) is 0 Å². The summed E-state index contributed by atoms with van der Waals surface area (Å²) in [6, 6.07) is -0.450. The second-order valence-corrected chi connectivity index (χ2v) is 3.25. The van der Waals surface area contributed by atoms with Crippen molar-refractivity contribution in [3.8, 4) is 0 Å². The molecule has 6 heteroatoms. The summed E-state index contributed by atoms with van der Waals surface area (Å²) in [5.41, 5.74) is 0. The van der Waals surface area contributed by atoms with E-state index >= 15 is 0 Å². The summed E-state index contributed by atoms with van der Waals surface area (Å²) in [5.74, 6) is -0.637. The summed E-state index contributed by atoms with van der Waals surface area (Å²) in [4.78, 5) is 21.9. The van der Waals surface area contributed by atoms with Gasteiger partial charge in [0.2, 0.25) is 11.8 Å². The number of rotatable bonds is 4. The highest BCUT2D eigenvalue weighted by molar-refractivity contribution is 6.00. The molecule has 6 nitrogen and oxygen atoms in total. The van der Waals surface area contributed by atoms with Crippen molar-refractivity contribution >= 4 is 11.8 Å². The summed E-state index contributed by atoms with van der Waals surface area (Å²) in [7, 11) is 0. The van der Waals surface area contributed by atoms with Gasteiger partial charge in [0.15, 0.2) is 0 Å². The molecule has 0 aliphatic carbocycles.